The fraction of sp³-hybridized carbons (Fsp3) is 0.0625. The molecule has 0 aliphatic heterocycles. The number of urea groups is 3. The molecular weight excluding hydrogens is 841 g/mol. The van der Waals surface area contributed by atoms with Crippen LogP contribution in [0, 0.1) is 0 Å². The molecule has 1 heterocycles. The van der Waals surface area contributed by atoms with Gasteiger partial charge in [-0.1, -0.05) is 91.0 Å². The maximum Gasteiger partial charge on any atom is 0.326 e. The number of rotatable bonds is 15. The third-order valence-electron chi connectivity index (χ3n) is 9.60. The third-order valence-corrected chi connectivity index (χ3v) is 9.60. The molecule has 18 heteroatoms. The molecule has 0 unspecified atom stereocenters. The lowest BCUT2D eigenvalue weighted by Gasteiger charge is -2.12. The summed E-state index contributed by atoms with van der Waals surface area (Å²) in [6.45, 7) is 0. The number of para-hydroxylation sites is 3. The van der Waals surface area contributed by atoms with Crippen LogP contribution in [0.1, 0.15) is 33.4 Å². The molecule has 0 aliphatic rings. The third kappa shape index (κ3) is 12.7. The molecule has 7 rings (SSSR count). The maximum atomic E-state index is 13.2. The summed E-state index contributed by atoms with van der Waals surface area (Å²) < 4.78 is 0. The number of nitrogens with one attached hydrogen (secondary N) is 6. The van der Waals surface area contributed by atoms with E-state index in [4.69, 9.17) is 0 Å². The SMILES string of the molecule is O=C=Nc1ccccc1Cc1ccc(NC(=O)Nc2nc(NC(=O)Nc3ccc(Cc4ccccc4N=C=O)cc3)nc(NC(=O)Nc3ccc(Cc4ccccc4N=C=O)cc3)n2)cc1. The molecule has 0 fully saturated rings. The fourth-order valence-corrected chi connectivity index (χ4v) is 6.57. The Morgan fingerprint density at radius 1 is 0.364 bits per heavy atom. The molecule has 0 saturated heterocycles. The fourth-order valence-electron chi connectivity index (χ4n) is 6.57. The second-order valence-electron chi connectivity index (χ2n) is 14.2. The van der Waals surface area contributed by atoms with Crippen LogP contribution in [0.3, 0.4) is 0 Å². The van der Waals surface area contributed by atoms with Gasteiger partial charge in [-0.2, -0.15) is 29.9 Å². The summed E-state index contributed by atoms with van der Waals surface area (Å²) in [7, 11) is 0. The molecule has 324 valence electrons. The number of aromatic nitrogens is 3. The second kappa shape index (κ2) is 21.9. The Bertz CT molecular complexity index is 2700. The van der Waals surface area contributed by atoms with Gasteiger partial charge in [-0.3, -0.25) is 16.0 Å². The number of carbonyl (C=O) groups is 3. The summed E-state index contributed by atoms with van der Waals surface area (Å²) in [5.74, 6) is -0.947. The lowest BCUT2D eigenvalue weighted by atomic mass is 10.0. The van der Waals surface area contributed by atoms with E-state index >= 15 is 0 Å². The van der Waals surface area contributed by atoms with Crippen molar-refractivity contribution in [3.63, 3.8) is 0 Å². The van der Waals surface area contributed by atoms with E-state index in [9.17, 15) is 28.8 Å². The smallest absolute Gasteiger partial charge is 0.308 e. The highest BCUT2D eigenvalue weighted by Crippen LogP contribution is 2.25. The van der Waals surface area contributed by atoms with E-state index in [1.54, 1.807) is 127 Å². The molecule has 6 amide bonds. The van der Waals surface area contributed by atoms with Crippen LogP contribution in [0.4, 0.5) is 66.4 Å². The number of isocyanates is 3. The van der Waals surface area contributed by atoms with Gasteiger partial charge in [0.25, 0.3) is 0 Å². The average molecular weight is 877 g/mol. The number of benzene rings is 6. The van der Waals surface area contributed by atoms with Crippen molar-refractivity contribution in [3.8, 4) is 0 Å². The Morgan fingerprint density at radius 3 is 0.879 bits per heavy atom. The van der Waals surface area contributed by atoms with Crippen molar-refractivity contribution in [2.45, 2.75) is 19.3 Å². The molecule has 0 radical (unpaired) electrons. The standard InChI is InChI=1S/C48H36N12O6/c61-28-49-40-10-4-1-7-34(40)25-31-13-19-37(20-14-31)52-46(64)58-43-55-44(59-47(65)53-38-21-15-32(16-22-38)26-35-8-2-5-11-41(35)50-29-62)57-45(56-43)60-48(66)54-39-23-17-33(18-24-39)27-36-9-3-6-12-42(36)51-30-63/h1-24H,25-27H2,(H6,52,53,54,55,56,57,58,59,60,64,65,66). The molecule has 0 spiro atoms. The number of amides is 6. The highest BCUT2D eigenvalue weighted by molar-refractivity contribution is 6.01. The van der Waals surface area contributed by atoms with Gasteiger partial charge in [0.2, 0.25) is 36.1 Å². The van der Waals surface area contributed by atoms with Gasteiger partial charge in [-0.05, 0) is 107 Å². The van der Waals surface area contributed by atoms with Crippen LogP contribution in [0.15, 0.2) is 161 Å². The van der Waals surface area contributed by atoms with E-state index in [0.717, 1.165) is 33.4 Å². The van der Waals surface area contributed by atoms with Crippen LogP contribution in [0.2, 0.25) is 0 Å². The number of nitrogens with zero attached hydrogens (tertiary/aromatic N) is 6. The molecule has 18 nitrogen and oxygen atoms in total. The quantitative estimate of drug-likeness (QED) is 0.0423. The molecule has 1 aromatic heterocycles. The summed E-state index contributed by atoms with van der Waals surface area (Å²) in [5.41, 5.74) is 7.95. The van der Waals surface area contributed by atoms with E-state index < -0.39 is 18.1 Å². The van der Waals surface area contributed by atoms with Gasteiger partial charge in [0.05, 0.1) is 17.1 Å². The van der Waals surface area contributed by atoms with Crippen LogP contribution in [-0.4, -0.2) is 51.3 Å². The number of hydrogen-bond acceptors (Lipinski definition) is 12. The lowest BCUT2D eigenvalue weighted by molar-refractivity contribution is 0.261. The van der Waals surface area contributed by atoms with Crippen LogP contribution in [-0.2, 0) is 33.6 Å². The highest BCUT2D eigenvalue weighted by atomic mass is 16.2. The minimum Gasteiger partial charge on any atom is -0.308 e. The zero-order valence-electron chi connectivity index (χ0n) is 34.6. The van der Waals surface area contributed by atoms with Crippen molar-refractivity contribution in [2.24, 2.45) is 15.0 Å². The van der Waals surface area contributed by atoms with E-state index in [1.807, 2.05) is 36.4 Å². The Labute approximate surface area is 376 Å². The van der Waals surface area contributed by atoms with Gasteiger partial charge in [0.15, 0.2) is 0 Å². The van der Waals surface area contributed by atoms with E-state index in [0.29, 0.717) is 53.4 Å². The largest absolute Gasteiger partial charge is 0.326 e. The Hall–Kier alpha value is -9.72. The van der Waals surface area contributed by atoms with Gasteiger partial charge in [-0.25, -0.2) is 28.8 Å². The van der Waals surface area contributed by atoms with Gasteiger partial charge in [-0.15, -0.1) is 0 Å². The molecule has 0 aliphatic carbocycles. The van der Waals surface area contributed by atoms with Crippen molar-refractivity contribution < 1.29 is 28.8 Å². The Morgan fingerprint density at radius 2 is 0.621 bits per heavy atom. The first-order chi connectivity index (χ1) is 32.2. The lowest BCUT2D eigenvalue weighted by Crippen LogP contribution is -2.26. The zero-order valence-corrected chi connectivity index (χ0v) is 34.6. The molecule has 0 bridgehead atoms. The van der Waals surface area contributed by atoms with E-state index in [-0.39, 0.29) is 17.8 Å². The first-order valence-corrected chi connectivity index (χ1v) is 20.0. The second-order valence-corrected chi connectivity index (χ2v) is 14.2. The van der Waals surface area contributed by atoms with Crippen molar-refractivity contribution in [1.82, 2.24) is 15.0 Å². The number of aliphatic imine (C=N–C) groups is 3. The first kappa shape index (κ1) is 44.3. The van der Waals surface area contributed by atoms with Crippen LogP contribution in [0.5, 0.6) is 0 Å². The minimum absolute atomic E-state index is 0.316. The van der Waals surface area contributed by atoms with Gasteiger partial charge in [0, 0.05) is 17.1 Å². The van der Waals surface area contributed by atoms with E-state index in [2.05, 4.69) is 61.8 Å². The van der Waals surface area contributed by atoms with Gasteiger partial charge >= 0.3 is 18.1 Å². The molecular formula is C48H36N12O6. The van der Waals surface area contributed by atoms with Crippen LogP contribution < -0.4 is 31.9 Å². The van der Waals surface area contributed by atoms with Gasteiger partial charge < -0.3 is 16.0 Å². The Kier molecular flexibility index (Phi) is 14.7. The van der Waals surface area contributed by atoms with Crippen molar-refractivity contribution in [3.05, 3.63) is 179 Å². The summed E-state index contributed by atoms with van der Waals surface area (Å²) in [6, 6.07) is 40.3. The normalized spacial score (nSPS) is 10.2. The molecule has 0 atom stereocenters. The molecule has 7 aromatic rings. The Balaban J connectivity index is 1.03. The molecule has 0 saturated carbocycles. The monoisotopic (exact) mass is 876 g/mol. The predicted molar refractivity (Wildman–Crippen MR) is 248 cm³/mol. The van der Waals surface area contributed by atoms with Crippen molar-refractivity contribution >= 4 is 88.3 Å². The maximum absolute atomic E-state index is 13.2. The van der Waals surface area contributed by atoms with Crippen LogP contribution >= 0.6 is 0 Å². The number of anilines is 6. The van der Waals surface area contributed by atoms with Crippen LogP contribution in [0.25, 0.3) is 0 Å². The predicted octanol–water partition coefficient (Wildman–Crippen LogP) is 9.48. The van der Waals surface area contributed by atoms with Gasteiger partial charge in [0.1, 0.15) is 0 Å². The van der Waals surface area contributed by atoms with Crippen molar-refractivity contribution in [2.75, 3.05) is 31.9 Å². The zero-order chi connectivity index (χ0) is 46.1. The molecule has 6 N–H and O–H groups in total. The summed E-state index contributed by atoms with van der Waals surface area (Å²) in [5, 5.41) is 15.6. The summed E-state index contributed by atoms with van der Waals surface area (Å²) >= 11 is 0. The summed E-state index contributed by atoms with van der Waals surface area (Å²) in [4.78, 5) is 96.0. The molecule has 6 aromatic carbocycles. The highest BCUT2D eigenvalue weighted by Gasteiger charge is 2.16. The van der Waals surface area contributed by atoms with Crippen molar-refractivity contribution in [1.29, 1.82) is 0 Å². The minimum atomic E-state index is -0.744. The van der Waals surface area contributed by atoms with E-state index in [1.165, 1.54) is 0 Å². The summed E-state index contributed by atoms with van der Waals surface area (Å²) in [6.07, 6.45) is 6.14. The topological polar surface area (TPSA) is 250 Å². The molecule has 66 heavy (non-hydrogen) atoms. The number of hydrogen-bond donors (Lipinski definition) is 6. The first-order valence-electron chi connectivity index (χ1n) is 20.0. The average Bonchev–Trinajstić information content (AvgIpc) is 3.30. The number of carbonyl (C=O) groups excluding carboxylic acids is 6.